The molecule has 2 aromatic rings. The minimum atomic E-state index is -0.321. The van der Waals surface area contributed by atoms with Gasteiger partial charge in [0.05, 0.1) is 0 Å². The Labute approximate surface area is 204 Å². The summed E-state index contributed by atoms with van der Waals surface area (Å²) in [4.78, 5) is 44.4. The maximum absolute atomic E-state index is 12.8. The van der Waals surface area contributed by atoms with Crippen LogP contribution in [0.1, 0.15) is 35.7 Å². The number of benzene rings is 2. The Morgan fingerprint density at radius 3 is 2.34 bits per heavy atom. The molecule has 9 nitrogen and oxygen atoms in total. The molecule has 2 aromatic carbocycles. The van der Waals surface area contributed by atoms with Crippen molar-refractivity contribution in [1.29, 1.82) is 0 Å². The maximum atomic E-state index is 12.8. The molecule has 180 valence electrons. The van der Waals surface area contributed by atoms with Crippen LogP contribution in [0.5, 0.6) is 0 Å². The van der Waals surface area contributed by atoms with Crippen molar-refractivity contribution < 1.29 is 14.4 Å². The summed E-state index contributed by atoms with van der Waals surface area (Å²) in [5.41, 5.74) is 3.51. The van der Waals surface area contributed by atoms with Gasteiger partial charge in [0.1, 0.15) is 0 Å². The fourth-order valence-corrected chi connectivity index (χ4v) is 3.08. The summed E-state index contributed by atoms with van der Waals surface area (Å²) in [7, 11) is 0. The normalized spacial score (nSPS) is 13.4. The van der Waals surface area contributed by atoms with Crippen molar-refractivity contribution in [2.45, 2.75) is 26.7 Å². The Morgan fingerprint density at radius 1 is 1.00 bits per heavy atom. The molecule has 0 heterocycles. The van der Waals surface area contributed by atoms with Gasteiger partial charge in [-0.1, -0.05) is 18.7 Å². The fourth-order valence-electron chi connectivity index (χ4n) is 3.08. The number of hydrogen-bond donors (Lipinski definition) is 4. The van der Waals surface area contributed by atoms with E-state index in [0.717, 1.165) is 18.4 Å². The summed E-state index contributed by atoms with van der Waals surface area (Å²) in [6.07, 6.45) is 4.45. The van der Waals surface area contributed by atoms with Crippen LogP contribution in [-0.2, 0) is 9.59 Å². The van der Waals surface area contributed by atoms with Crippen LogP contribution in [0.3, 0.4) is 0 Å². The van der Waals surface area contributed by atoms with Gasteiger partial charge in [0.25, 0.3) is 5.91 Å². The monoisotopic (exact) mass is 472 g/mol. The van der Waals surface area contributed by atoms with E-state index in [2.05, 4.69) is 44.5 Å². The van der Waals surface area contributed by atoms with Crippen LogP contribution < -0.4 is 21.3 Å². The number of carbonyl (C=O) groups excluding carboxylic acids is 3. The van der Waals surface area contributed by atoms with Gasteiger partial charge < -0.3 is 21.3 Å². The number of nitrogens with one attached hydrogen (secondary N) is 4. The zero-order valence-corrected chi connectivity index (χ0v) is 19.7. The first-order valence-electron chi connectivity index (χ1n) is 11.0. The van der Waals surface area contributed by atoms with E-state index in [-0.39, 0.29) is 29.6 Å². The van der Waals surface area contributed by atoms with Gasteiger partial charge in [0, 0.05) is 40.4 Å². The van der Waals surface area contributed by atoms with Gasteiger partial charge in [0.15, 0.2) is 0 Å². The van der Waals surface area contributed by atoms with Crippen LogP contribution in [0.25, 0.3) is 0 Å². The number of amides is 3. The average molecular weight is 473 g/mol. The summed E-state index contributed by atoms with van der Waals surface area (Å²) >= 11 is 0. The molecule has 4 N–H and O–H groups in total. The minimum absolute atomic E-state index is 0.0174. The molecule has 1 aliphatic rings. The third kappa shape index (κ3) is 7.50. The first-order valence-corrected chi connectivity index (χ1v) is 11.0. The van der Waals surface area contributed by atoms with Gasteiger partial charge >= 0.3 is 0 Å². The van der Waals surface area contributed by atoms with Crippen molar-refractivity contribution in [3.8, 4) is 0 Å². The number of aryl methyl sites for hydroxylation is 1. The van der Waals surface area contributed by atoms with E-state index >= 15 is 0 Å². The Bertz CT molecular complexity index is 1230. The maximum Gasteiger partial charge on any atom is 0.255 e. The van der Waals surface area contributed by atoms with E-state index in [1.54, 1.807) is 49.4 Å². The first-order chi connectivity index (χ1) is 16.8. The van der Waals surface area contributed by atoms with Crippen LogP contribution in [0.4, 0.5) is 17.1 Å². The highest BCUT2D eigenvalue weighted by atomic mass is 16.2. The van der Waals surface area contributed by atoms with Crippen molar-refractivity contribution in [3.63, 3.8) is 0 Å². The fraction of sp³-hybridized carbons (Fsp3) is 0.192. The Kier molecular flexibility index (Phi) is 8.29. The topological polar surface area (TPSA) is 124 Å². The summed E-state index contributed by atoms with van der Waals surface area (Å²) < 4.78 is 0. The van der Waals surface area contributed by atoms with Crippen molar-refractivity contribution in [2.75, 3.05) is 16.0 Å². The molecule has 0 aliphatic heterocycles. The molecule has 0 spiro atoms. The number of anilines is 3. The number of guanidine groups is 1. The molecule has 0 atom stereocenters. The van der Waals surface area contributed by atoms with E-state index in [4.69, 9.17) is 0 Å². The lowest BCUT2D eigenvalue weighted by molar-refractivity contribution is -0.117. The second kappa shape index (κ2) is 11.6. The third-order valence-electron chi connectivity index (χ3n) is 5.11. The molecule has 1 fully saturated rings. The van der Waals surface area contributed by atoms with Crippen molar-refractivity contribution >= 4 is 47.5 Å². The Balaban J connectivity index is 1.66. The van der Waals surface area contributed by atoms with E-state index in [1.165, 1.54) is 12.3 Å². The second-order valence-corrected chi connectivity index (χ2v) is 8.07. The average Bonchev–Trinajstić information content (AvgIpc) is 3.68. The zero-order valence-electron chi connectivity index (χ0n) is 19.7. The number of carbonyl (C=O) groups is 3. The zero-order chi connectivity index (χ0) is 25.4. The van der Waals surface area contributed by atoms with Gasteiger partial charge in [-0.15, -0.1) is 0 Å². The summed E-state index contributed by atoms with van der Waals surface area (Å²) in [5, 5.41) is 11.3. The molecular weight excluding hydrogens is 444 g/mol. The number of rotatable bonds is 8. The number of allylic oxidation sites excluding steroid dienone is 1. The van der Waals surface area contributed by atoms with Gasteiger partial charge in [0.2, 0.25) is 17.8 Å². The largest absolute Gasteiger partial charge is 0.326 e. The van der Waals surface area contributed by atoms with Crippen LogP contribution in [-0.4, -0.2) is 30.4 Å². The highest BCUT2D eigenvalue weighted by Gasteiger charge is 2.29. The van der Waals surface area contributed by atoms with Crippen LogP contribution in [0.2, 0.25) is 0 Å². The summed E-state index contributed by atoms with van der Waals surface area (Å²) in [6.45, 7) is 10.5. The number of hydrogen-bond acceptors (Lipinski definition) is 4. The van der Waals surface area contributed by atoms with Crippen molar-refractivity contribution in [3.05, 3.63) is 78.1 Å². The highest BCUT2D eigenvalue weighted by Crippen LogP contribution is 2.30. The van der Waals surface area contributed by atoms with E-state index in [0.29, 0.717) is 28.3 Å². The lowest BCUT2D eigenvalue weighted by atomic mass is 10.1. The smallest absolute Gasteiger partial charge is 0.255 e. The molecule has 3 amide bonds. The number of aliphatic imine (C=N–C) groups is 2. The lowest BCUT2D eigenvalue weighted by Gasteiger charge is -2.11. The minimum Gasteiger partial charge on any atom is -0.326 e. The van der Waals surface area contributed by atoms with Gasteiger partial charge in [-0.25, -0.2) is 9.98 Å². The molecule has 1 saturated carbocycles. The molecule has 0 saturated heterocycles. The van der Waals surface area contributed by atoms with Gasteiger partial charge in [-0.05, 0) is 75.4 Å². The molecular formula is C26H28N6O3. The highest BCUT2D eigenvalue weighted by molar-refractivity contribution is 6.01. The van der Waals surface area contributed by atoms with Gasteiger partial charge in [-0.3, -0.25) is 14.4 Å². The Hall–Kier alpha value is -4.53. The van der Waals surface area contributed by atoms with Crippen LogP contribution in [0.15, 0.2) is 77.0 Å². The van der Waals surface area contributed by atoms with E-state index < -0.39 is 0 Å². The van der Waals surface area contributed by atoms with Crippen molar-refractivity contribution in [2.24, 2.45) is 15.9 Å². The molecule has 0 unspecified atom stereocenters. The Morgan fingerprint density at radius 2 is 1.69 bits per heavy atom. The summed E-state index contributed by atoms with van der Waals surface area (Å²) in [6, 6.07) is 12.2. The van der Waals surface area contributed by atoms with Crippen molar-refractivity contribution in [1.82, 2.24) is 5.32 Å². The molecule has 1 aliphatic carbocycles. The predicted molar refractivity (Wildman–Crippen MR) is 140 cm³/mol. The molecule has 9 heteroatoms. The van der Waals surface area contributed by atoms with Crippen LogP contribution >= 0.6 is 0 Å². The first kappa shape index (κ1) is 25.1. The molecule has 0 aromatic heterocycles. The van der Waals surface area contributed by atoms with Crippen LogP contribution in [0, 0.1) is 12.8 Å². The lowest BCUT2D eigenvalue weighted by Crippen LogP contribution is -2.23. The molecule has 0 radical (unpaired) electrons. The number of nitrogens with zero attached hydrogens (tertiary/aromatic N) is 2. The quantitative estimate of drug-likeness (QED) is 0.261. The van der Waals surface area contributed by atoms with E-state index in [1.807, 2.05) is 6.92 Å². The third-order valence-corrected chi connectivity index (χ3v) is 5.11. The molecule has 35 heavy (non-hydrogen) atoms. The molecule has 3 rings (SSSR count). The predicted octanol–water partition coefficient (Wildman–Crippen LogP) is 4.23. The molecule has 0 bridgehead atoms. The SMILES string of the molecule is C=CC(=O)Nc1cccc(NC(N=C)=N/C=C(\C)NC(=O)c2cc(NC(=O)C3CC3)ccc2C)c1. The second-order valence-electron chi connectivity index (χ2n) is 8.07. The van der Waals surface area contributed by atoms with E-state index in [9.17, 15) is 14.4 Å². The summed E-state index contributed by atoms with van der Waals surface area (Å²) in [5.74, 6) is -0.381. The standard InChI is InChI=1S/C26H28N6O3/c1-5-23(33)30-19-7-6-8-20(13-19)32-26(27-4)28-15-17(3)29-25(35)22-14-21(12-9-16(22)2)31-24(34)18-10-11-18/h5-9,12-15,18H,1,4,10-11H2,2-3H3,(H,28,32)(H,29,35)(H,30,33)(H,31,34)/b17-15+. The van der Waals surface area contributed by atoms with Gasteiger partial charge in [-0.2, -0.15) is 0 Å².